The van der Waals surface area contributed by atoms with E-state index in [4.69, 9.17) is 22.1 Å². The van der Waals surface area contributed by atoms with E-state index in [-0.39, 0.29) is 18.2 Å². The molecule has 0 saturated carbocycles. The maximum atomic E-state index is 12.8. The third-order valence-electron chi connectivity index (χ3n) is 1.62. The zero-order valence-electron chi connectivity index (χ0n) is 7.87. The second kappa shape index (κ2) is 5.68. The molecule has 15 heavy (non-hydrogen) atoms. The van der Waals surface area contributed by atoms with Gasteiger partial charge in [-0.1, -0.05) is 17.7 Å². The van der Waals surface area contributed by atoms with E-state index in [1.54, 1.807) is 12.5 Å². The molecule has 0 saturated heterocycles. The van der Waals surface area contributed by atoms with Gasteiger partial charge in [-0.15, -0.1) is 0 Å². The van der Waals surface area contributed by atoms with Crippen LogP contribution in [0.5, 0.6) is 0 Å². The Morgan fingerprint density at radius 1 is 1.60 bits per heavy atom. The molecule has 0 aliphatic rings. The van der Waals surface area contributed by atoms with Crippen LogP contribution in [0.15, 0.2) is 18.2 Å². The van der Waals surface area contributed by atoms with E-state index in [9.17, 15) is 9.18 Å². The smallest absolute Gasteiger partial charge is 0.243 e. The van der Waals surface area contributed by atoms with Crippen molar-refractivity contribution < 1.29 is 13.9 Å². The highest BCUT2D eigenvalue weighted by Crippen LogP contribution is 2.16. The predicted molar refractivity (Wildman–Crippen MR) is 54.8 cm³/mol. The largest absolute Gasteiger partial charge is 0.371 e. The molecule has 0 aliphatic carbocycles. The van der Waals surface area contributed by atoms with Crippen LogP contribution in [-0.2, 0) is 9.53 Å². The molecule has 5 heteroatoms. The van der Waals surface area contributed by atoms with Gasteiger partial charge >= 0.3 is 0 Å². The van der Waals surface area contributed by atoms with Gasteiger partial charge in [0.25, 0.3) is 0 Å². The molecule has 0 bridgehead atoms. The lowest BCUT2D eigenvalue weighted by Crippen LogP contribution is -2.18. The molecule has 0 heterocycles. The summed E-state index contributed by atoms with van der Waals surface area (Å²) in [7, 11) is 0. The Labute approximate surface area is 92.0 Å². The van der Waals surface area contributed by atoms with Gasteiger partial charge in [-0.25, -0.2) is 4.39 Å². The Balaban J connectivity index is 2.38. The minimum absolute atomic E-state index is 0.0543. The van der Waals surface area contributed by atoms with Crippen LogP contribution in [0.2, 0.25) is 5.02 Å². The van der Waals surface area contributed by atoms with Crippen molar-refractivity contribution in [1.29, 1.82) is 0 Å². The van der Waals surface area contributed by atoms with Gasteiger partial charge in [-0.3, -0.25) is 4.79 Å². The molecule has 1 aromatic carbocycles. The maximum absolute atomic E-state index is 12.8. The molecule has 2 N–H and O–H groups in total. The molecule has 1 amide bonds. The number of halogens is 2. The van der Waals surface area contributed by atoms with E-state index in [0.29, 0.717) is 0 Å². The Morgan fingerprint density at radius 3 is 2.93 bits per heavy atom. The lowest BCUT2D eigenvalue weighted by molar-refractivity contribution is -0.122. The van der Waals surface area contributed by atoms with Crippen molar-refractivity contribution in [3.8, 4) is 0 Å². The number of carbonyl (C=O) groups excluding carboxylic acids is 1. The van der Waals surface area contributed by atoms with Gasteiger partial charge in [0.15, 0.2) is 0 Å². The molecule has 81 valence electrons. The molecular weight excluding hydrogens is 221 g/mol. The van der Waals surface area contributed by atoms with Crippen LogP contribution in [0.3, 0.4) is 0 Å². The van der Waals surface area contributed by atoms with Crippen LogP contribution < -0.4 is 5.73 Å². The summed E-state index contributed by atoms with van der Waals surface area (Å²) in [6, 6.07) is 4.31. The molecule has 0 atom stereocenters. The van der Waals surface area contributed by atoms with Crippen molar-refractivity contribution in [2.45, 2.75) is 0 Å². The van der Waals surface area contributed by atoms with Gasteiger partial charge in [0.1, 0.15) is 12.4 Å². The maximum Gasteiger partial charge on any atom is 0.243 e. The van der Waals surface area contributed by atoms with E-state index in [2.05, 4.69) is 0 Å². The fourth-order valence-electron chi connectivity index (χ4n) is 0.954. The summed E-state index contributed by atoms with van der Waals surface area (Å²) in [5.41, 5.74) is 5.60. The Hall–Kier alpha value is -1.13. The number of hydrogen-bond donors (Lipinski definition) is 1. The summed E-state index contributed by atoms with van der Waals surface area (Å²) in [5, 5.41) is 0.0543. The minimum atomic E-state index is -0.527. The van der Waals surface area contributed by atoms with Gasteiger partial charge < -0.3 is 10.5 Å². The van der Waals surface area contributed by atoms with Crippen molar-refractivity contribution in [2.75, 3.05) is 13.2 Å². The number of benzene rings is 1. The molecule has 1 radical (unpaired) electrons. The van der Waals surface area contributed by atoms with Crippen LogP contribution in [-0.4, -0.2) is 19.1 Å². The van der Waals surface area contributed by atoms with Crippen molar-refractivity contribution >= 4 is 17.5 Å². The third-order valence-corrected chi connectivity index (χ3v) is 1.91. The number of amides is 1. The topological polar surface area (TPSA) is 52.3 Å². The number of primary amides is 1. The summed E-state index contributed by atoms with van der Waals surface area (Å²) in [6.45, 7) is 0.0936. The molecule has 3 nitrogen and oxygen atoms in total. The quantitative estimate of drug-likeness (QED) is 0.780. The Morgan fingerprint density at radius 2 is 2.33 bits per heavy atom. The van der Waals surface area contributed by atoms with E-state index in [1.807, 2.05) is 0 Å². The first kappa shape index (κ1) is 11.9. The number of ether oxygens (including phenoxy) is 1. The number of hydrogen-bond acceptors (Lipinski definition) is 2. The lowest BCUT2D eigenvalue weighted by atomic mass is 10.1. The zero-order chi connectivity index (χ0) is 11.3. The first-order valence-electron chi connectivity index (χ1n) is 4.24. The van der Waals surface area contributed by atoms with Crippen LogP contribution in [0.25, 0.3) is 0 Å². The SMILES string of the molecule is NC(=O)COC[CH]c1ccc(F)c(Cl)c1. The lowest BCUT2D eigenvalue weighted by Gasteiger charge is -2.02. The van der Waals surface area contributed by atoms with Crippen LogP contribution in [0, 0.1) is 12.2 Å². The van der Waals surface area contributed by atoms with Crippen molar-refractivity contribution in [3.63, 3.8) is 0 Å². The fraction of sp³-hybridized carbons (Fsp3) is 0.200. The third kappa shape index (κ3) is 4.27. The van der Waals surface area contributed by atoms with Gasteiger partial charge in [0.2, 0.25) is 5.91 Å². The summed E-state index contributed by atoms with van der Waals surface area (Å²) < 4.78 is 17.7. The number of carbonyl (C=O) groups is 1. The minimum Gasteiger partial charge on any atom is -0.371 e. The van der Waals surface area contributed by atoms with E-state index in [1.165, 1.54) is 12.1 Å². The Kier molecular flexibility index (Phi) is 4.52. The average molecular weight is 231 g/mol. The van der Waals surface area contributed by atoms with Gasteiger partial charge in [-0.2, -0.15) is 0 Å². The average Bonchev–Trinajstić information content (AvgIpc) is 2.18. The summed E-state index contributed by atoms with van der Waals surface area (Å²) in [4.78, 5) is 10.3. The second-order valence-corrected chi connectivity index (χ2v) is 3.27. The van der Waals surface area contributed by atoms with Crippen molar-refractivity contribution in [1.82, 2.24) is 0 Å². The van der Waals surface area contributed by atoms with Gasteiger partial charge in [-0.05, 0) is 17.7 Å². The molecular formula is C10H10ClFNO2. The normalized spacial score (nSPS) is 10.3. The number of rotatable bonds is 5. The highest BCUT2D eigenvalue weighted by Gasteiger charge is 2.01. The van der Waals surface area contributed by atoms with Gasteiger partial charge in [0.05, 0.1) is 11.6 Å². The first-order chi connectivity index (χ1) is 7.09. The summed E-state index contributed by atoms with van der Waals surface area (Å²) in [6.07, 6.45) is 1.67. The van der Waals surface area contributed by atoms with Crippen molar-refractivity contribution in [2.24, 2.45) is 5.73 Å². The molecule has 0 fully saturated rings. The molecule has 1 aromatic rings. The Bertz CT molecular complexity index is 357. The number of nitrogens with two attached hydrogens (primary N) is 1. The molecule has 0 aromatic heterocycles. The molecule has 0 aliphatic heterocycles. The monoisotopic (exact) mass is 230 g/mol. The van der Waals surface area contributed by atoms with E-state index < -0.39 is 11.7 Å². The van der Waals surface area contributed by atoms with Gasteiger partial charge in [0, 0.05) is 6.42 Å². The van der Waals surface area contributed by atoms with E-state index in [0.717, 1.165) is 5.56 Å². The first-order valence-corrected chi connectivity index (χ1v) is 4.61. The second-order valence-electron chi connectivity index (χ2n) is 2.86. The highest BCUT2D eigenvalue weighted by atomic mass is 35.5. The summed E-state index contributed by atoms with van der Waals surface area (Å²) in [5.74, 6) is -0.993. The van der Waals surface area contributed by atoms with Crippen molar-refractivity contribution in [3.05, 3.63) is 41.0 Å². The fourth-order valence-corrected chi connectivity index (χ4v) is 1.14. The van der Waals surface area contributed by atoms with E-state index >= 15 is 0 Å². The van der Waals surface area contributed by atoms with Crippen LogP contribution in [0.1, 0.15) is 5.56 Å². The highest BCUT2D eigenvalue weighted by molar-refractivity contribution is 6.30. The van der Waals surface area contributed by atoms with Crippen LogP contribution >= 0.6 is 11.6 Å². The predicted octanol–water partition coefficient (Wildman–Crippen LogP) is 1.53. The standard InChI is InChI=1S/C10H10ClFNO2/c11-8-5-7(1-2-9(8)12)3-4-15-6-10(13)14/h1-3,5H,4,6H2,(H2,13,14). The zero-order valence-corrected chi connectivity index (χ0v) is 8.63. The summed E-state index contributed by atoms with van der Waals surface area (Å²) >= 11 is 5.57. The molecule has 1 rings (SSSR count). The molecule has 0 spiro atoms. The van der Waals surface area contributed by atoms with Crippen LogP contribution in [0.4, 0.5) is 4.39 Å². The molecule has 0 unspecified atom stereocenters.